The Morgan fingerprint density at radius 2 is 2.07 bits per heavy atom. The lowest BCUT2D eigenvalue weighted by molar-refractivity contribution is -0.384. The van der Waals surface area contributed by atoms with Gasteiger partial charge in [-0.2, -0.15) is 0 Å². The number of nitro groups is 1. The van der Waals surface area contributed by atoms with E-state index in [0.717, 1.165) is 48.0 Å². The van der Waals surface area contributed by atoms with Gasteiger partial charge >= 0.3 is 5.97 Å². The van der Waals surface area contributed by atoms with Gasteiger partial charge in [0.25, 0.3) is 11.6 Å². The number of carbonyl (C=O) groups is 2. The van der Waals surface area contributed by atoms with E-state index < -0.39 is 29.2 Å². The predicted molar refractivity (Wildman–Crippen MR) is 104 cm³/mol. The summed E-state index contributed by atoms with van der Waals surface area (Å²) in [5, 5.41) is 12.9. The van der Waals surface area contributed by atoms with Gasteiger partial charge in [-0.1, -0.05) is 0 Å². The van der Waals surface area contributed by atoms with Crippen LogP contribution in [0.3, 0.4) is 0 Å². The van der Waals surface area contributed by atoms with Crippen molar-refractivity contribution in [3.05, 3.63) is 63.2 Å². The average molecular weight is 401 g/mol. The molecule has 1 N–H and O–H groups in total. The lowest BCUT2D eigenvalue weighted by Crippen LogP contribution is -2.20. The number of anilines is 1. The molecule has 29 heavy (non-hydrogen) atoms. The van der Waals surface area contributed by atoms with Gasteiger partial charge in [-0.15, -0.1) is 0 Å². The first-order chi connectivity index (χ1) is 13.8. The highest BCUT2D eigenvalue weighted by Gasteiger charge is 2.26. The molecule has 1 aliphatic carbocycles. The summed E-state index contributed by atoms with van der Waals surface area (Å²) in [5.41, 5.74) is 2.35. The van der Waals surface area contributed by atoms with Gasteiger partial charge in [0, 0.05) is 35.6 Å². The quantitative estimate of drug-likeness (QED) is 0.330. The molecule has 1 fully saturated rings. The van der Waals surface area contributed by atoms with Crippen molar-refractivity contribution in [1.82, 2.24) is 4.57 Å². The third-order valence-corrected chi connectivity index (χ3v) is 4.61. The normalized spacial score (nSPS) is 13.5. The van der Waals surface area contributed by atoms with Crippen molar-refractivity contribution in [1.29, 1.82) is 0 Å². The van der Waals surface area contributed by atoms with E-state index in [-0.39, 0.29) is 11.4 Å². The Bertz CT molecular complexity index is 1010. The number of esters is 1. The molecule has 3 rings (SSSR count). The van der Waals surface area contributed by atoms with Crippen LogP contribution in [-0.2, 0) is 14.3 Å². The van der Waals surface area contributed by atoms with Crippen LogP contribution in [0.5, 0.6) is 0 Å². The first-order valence-corrected chi connectivity index (χ1v) is 9.03. The highest BCUT2D eigenvalue weighted by Crippen LogP contribution is 2.38. The zero-order valence-electron chi connectivity index (χ0n) is 16.0. The van der Waals surface area contributed by atoms with Crippen LogP contribution in [0.15, 0.2) is 30.3 Å². The van der Waals surface area contributed by atoms with Gasteiger partial charge in [-0.25, -0.2) is 9.18 Å². The number of nitrogens with zero attached hydrogens (tertiary/aromatic N) is 2. The van der Waals surface area contributed by atoms with Crippen LogP contribution in [0.25, 0.3) is 6.08 Å². The van der Waals surface area contributed by atoms with Crippen molar-refractivity contribution in [2.45, 2.75) is 32.7 Å². The van der Waals surface area contributed by atoms with Crippen molar-refractivity contribution >= 4 is 29.3 Å². The number of benzene rings is 1. The first kappa shape index (κ1) is 20.2. The predicted octanol–water partition coefficient (Wildman–Crippen LogP) is 3.68. The van der Waals surface area contributed by atoms with Crippen molar-refractivity contribution < 1.29 is 23.6 Å². The Hall–Kier alpha value is -3.49. The summed E-state index contributed by atoms with van der Waals surface area (Å²) in [4.78, 5) is 33.8. The van der Waals surface area contributed by atoms with E-state index in [1.54, 1.807) is 6.08 Å². The Balaban J connectivity index is 1.55. The zero-order valence-corrected chi connectivity index (χ0v) is 16.0. The Labute approximate surface area is 166 Å². The summed E-state index contributed by atoms with van der Waals surface area (Å²) < 4.78 is 20.8. The minimum absolute atomic E-state index is 0.358. The van der Waals surface area contributed by atoms with Crippen LogP contribution in [0.4, 0.5) is 15.8 Å². The average Bonchev–Trinajstić information content (AvgIpc) is 3.45. The summed E-state index contributed by atoms with van der Waals surface area (Å²) in [6, 6.07) is 5.26. The number of nitrogens with one attached hydrogen (secondary N) is 1. The minimum Gasteiger partial charge on any atom is -0.452 e. The van der Waals surface area contributed by atoms with Gasteiger partial charge in [0.2, 0.25) is 0 Å². The second kappa shape index (κ2) is 8.26. The summed E-state index contributed by atoms with van der Waals surface area (Å²) in [6.07, 6.45) is 5.16. The van der Waals surface area contributed by atoms with E-state index in [4.69, 9.17) is 4.74 Å². The number of rotatable bonds is 7. The molecule has 1 aromatic carbocycles. The van der Waals surface area contributed by atoms with Crippen LogP contribution >= 0.6 is 0 Å². The lowest BCUT2D eigenvalue weighted by Gasteiger charge is -2.07. The van der Waals surface area contributed by atoms with E-state index >= 15 is 0 Å². The molecule has 1 aromatic heterocycles. The molecule has 8 nitrogen and oxygen atoms in total. The molecule has 0 aliphatic heterocycles. The van der Waals surface area contributed by atoms with E-state index in [1.807, 2.05) is 19.9 Å². The molecule has 0 unspecified atom stereocenters. The third-order valence-electron chi connectivity index (χ3n) is 4.61. The molecule has 0 spiro atoms. The van der Waals surface area contributed by atoms with E-state index in [2.05, 4.69) is 9.88 Å². The SMILES string of the molecule is Cc1cc(/C=C/C(=O)OCC(=O)Nc2cc([N+](=O)[O-])ccc2F)c(C)n1C1CC1. The van der Waals surface area contributed by atoms with Gasteiger partial charge in [0.15, 0.2) is 6.61 Å². The highest BCUT2D eigenvalue weighted by molar-refractivity contribution is 5.95. The highest BCUT2D eigenvalue weighted by atomic mass is 19.1. The molecule has 1 aliphatic rings. The van der Waals surface area contributed by atoms with E-state index in [9.17, 15) is 24.1 Å². The standard InChI is InChI=1S/C20H20FN3O5/c1-12-9-14(13(2)23(12)15-4-5-15)3-8-20(26)29-11-19(25)22-18-10-16(24(27)28)6-7-17(18)21/h3,6-10,15H,4-5,11H2,1-2H3,(H,22,25)/b8-3+. The summed E-state index contributed by atoms with van der Waals surface area (Å²) in [5.74, 6) is -2.37. The Kier molecular flexibility index (Phi) is 5.76. The van der Waals surface area contributed by atoms with Gasteiger partial charge < -0.3 is 14.6 Å². The Morgan fingerprint density at radius 3 is 2.72 bits per heavy atom. The molecule has 152 valence electrons. The molecule has 1 heterocycles. The summed E-state index contributed by atoms with van der Waals surface area (Å²) in [7, 11) is 0. The van der Waals surface area contributed by atoms with Crippen LogP contribution < -0.4 is 5.32 Å². The number of nitro benzene ring substituents is 1. The molecule has 0 bridgehead atoms. The first-order valence-electron chi connectivity index (χ1n) is 9.03. The van der Waals surface area contributed by atoms with E-state index in [0.29, 0.717) is 6.04 Å². The zero-order chi connectivity index (χ0) is 21.1. The number of hydrogen-bond acceptors (Lipinski definition) is 5. The van der Waals surface area contributed by atoms with E-state index in [1.165, 1.54) is 6.08 Å². The number of ether oxygens (including phenoxy) is 1. The van der Waals surface area contributed by atoms with Gasteiger partial charge in [-0.05, 0) is 50.5 Å². The van der Waals surface area contributed by atoms with Gasteiger partial charge in [-0.3, -0.25) is 14.9 Å². The smallest absolute Gasteiger partial charge is 0.331 e. The maximum absolute atomic E-state index is 13.7. The molecule has 0 saturated heterocycles. The van der Waals surface area contributed by atoms with Crippen LogP contribution in [0, 0.1) is 29.8 Å². The largest absolute Gasteiger partial charge is 0.452 e. The maximum atomic E-state index is 13.7. The lowest BCUT2D eigenvalue weighted by atomic mass is 10.2. The van der Waals surface area contributed by atoms with Gasteiger partial charge in [0.05, 0.1) is 10.6 Å². The molecule has 2 aromatic rings. The summed E-state index contributed by atoms with van der Waals surface area (Å²) in [6.45, 7) is 3.35. The minimum atomic E-state index is -0.832. The number of halogens is 1. The number of aryl methyl sites for hydroxylation is 1. The Morgan fingerprint density at radius 1 is 1.34 bits per heavy atom. The molecular formula is C20H20FN3O5. The number of non-ortho nitro benzene ring substituents is 1. The van der Waals surface area contributed by atoms with Crippen molar-refractivity contribution in [3.63, 3.8) is 0 Å². The molecule has 1 saturated carbocycles. The molecule has 9 heteroatoms. The number of amides is 1. The summed E-state index contributed by atoms with van der Waals surface area (Å²) >= 11 is 0. The van der Waals surface area contributed by atoms with Crippen molar-refractivity contribution in [2.75, 3.05) is 11.9 Å². The second-order valence-electron chi connectivity index (χ2n) is 6.84. The van der Waals surface area contributed by atoms with Crippen LogP contribution in [-0.4, -0.2) is 28.0 Å². The molecule has 0 atom stereocenters. The fourth-order valence-corrected chi connectivity index (χ4v) is 3.12. The molecular weight excluding hydrogens is 381 g/mol. The number of hydrogen-bond donors (Lipinski definition) is 1. The molecule has 0 radical (unpaired) electrons. The number of carbonyl (C=O) groups excluding carboxylic acids is 2. The fraction of sp³-hybridized carbons (Fsp3) is 0.300. The van der Waals surface area contributed by atoms with Crippen LogP contribution in [0.2, 0.25) is 0 Å². The van der Waals surface area contributed by atoms with Crippen LogP contribution in [0.1, 0.15) is 35.8 Å². The van der Waals surface area contributed by atoms with Gasteiger partial charge in [0.1, 0.15) is 5.82 Å². The van der Waals surface area contributed by atoms with Crippen molar-refractivity contribution in [3.8, 4) is 0 Å². The van der Waals surface area contributed by atoms with Crippen molar-refractivity contribution in [2.24, 2.45) is 0 Å². The third kappa shape index (κ3) is 4.87. The monoisotopic (exact) mass is 401 g/mol. The second-order valence-corrected chi connectivity index (χ2v) is 6.84. The number of aromatic nitrogens is 1. The maximum Gasteiger partial charge on any atom is 0.331 e. The fourth-order valence-electron chi connectivity index (χ4n) is 3.12. The topological polar surface area (TPSA) is 103 Å². The molecule has 1 amide bonds.